The number of esters is 1. The van der Waals surface area contributed by atoms with E-state index in [-0.39, 0.29) is 30.1 Å². The van der Waals surface area contributed by atoms with E-state index in [0.717, 1.165) is 22.4 Å². The van der Waals surface area contributed by atoms with Gasteiger partial charge in [0.25, 0.3) is 0 Å². The number of carbonyl (C=O) groups excluding carboxylic acids is 3. The number of benzene rings is 4. The SMILES string of the molecule is C.CC(=O)c1ccccc1.COc1ccc(C(C)(C)c2ccc(OC(=O)Oc3cccc(OC(C)=O)c3)cc2)cc1. The quantitative estimate of drug-likeness (QED) is 0.0985. The van der Waals surface area contributed by atoms with Gasteiger partial charge in [0.05, 0.1) is 7.11 Å². The Morgan fingerprint density at radius 1 is 0.585 bits per heavy atom. The summed E-state index contributed by atoms with van der Waals surface area (Å²) in [6.07, 6.45) is -0.887. The van der Waals surface area contributed by atoms with E-state index in [2.05, 4.69) is 13.8 Å². The molecule has 0 atom stereocenters. The Labute approximate surface area is 241 Å². The van der Waals surface area contributed by atoms with Crippen molar-refractivity contribution in [1.82, 2.24) is 0 Å². The molecule has 0 spiro atoms. The van der Waals surface area contributed by atoms with Crippen LogP contribution in [0.4, 0.5) is 4.79 Å². The van der Waals surface area contributed by atoms with Crippen molar-refractivity contribution in [2.24, 2.45) is 0 Å². The first-order valence-corrected chi connectivity index (χ1v) is 12.6. The fourth-order valence-corrected chi connectivity index (χ4v) is 3.77. The molecule has 214 valence electrons. The average molecular weight is 557 g/mol. The lowest BCUT2D eigenvalue weighted by atomic mass is 9.78. The highest BCUT2D eigenvalue weighted by atomic mass is 16.7. The first kappa shape index (κ1) is 32.3. The largest absolute Gasteiger partial charge is 0.519 e. The standard InChI is InChI=1S/C25H24O6.C8H8O.CH4/c1-17(26)29-22-6-5-7-23(16-22)31-24(27)30-21-14-10-19(11-15-21)25(2,3)18-8-12-20(28-4)13-9-18;1-7(9)8-5-3-2-4-6-8;/h5-16H,1-4H3;2-6H,1H3;1H4. The lowest BCUT2D eigenvalue weighted by Crippen LogP contribution is -2.19. The second kappa shape index (κ2) is 15.0. The van der Waals surface area contributed by atoms with E-state index in [9.17, 15) is 14.4 Å². The number of hydrogen-bond donors (Lipinski definition) is 0. The van der Waals surface area contributed by atoms with Gasteiger partial charge in [0.15, 0.2) is 5.78 Å². The third kappa shape index (κ3) is 9.65. The summed E-state index contributed by atoms with van der Waals surface area (Å²) in [6.45, 7) is 7.10. The molecule has 4 aromatic carbocycles. The van der Waals surface area contributed by atoms with Gasteiger partial charge in [-0.05, 0) is 54.4 Å². The molecule has 0 saturated heterocycles. The maximum atomic E-state index is 12.1. The molecule has 0 N–H and O–H groups in total. The molecule has 0 unspecified atom stereocenters. The van der Waals surface area contributed by atoms with Gasteiger partial charge >= 0.3 is 12.1 Å². The third-order valence-electron chi connectivity index (χ3n) is 6.04. The minimum absolute atomic E-state index is 0. The van der Waals surface area contributed by atoms with E-state index in [1.54, 1.807) is 44.4 Å². The summed E-state index contributed by atoms with van der Waals surface area (Å²) in [6, 6.07) is 30.6. The van der Waals surface area contributed by atoms with Gasteiger partial charge in [-0.1, -0.05) is 81.9 Å². The molecule has 0 amide bonds. The van der Waals surface area contributed by atoms with Crippen molar-refractivity contribution in [2.75, 3.05) is 7.11 Å². The van der Waals surface area contributed by atoms with Crippen molar-refractivity contribution in [3.05, 3.63) is 120 Å². The van der Waals surface area contributed by atoms with Gasteiger partial charge in [0.2, 0.25) is 0 Å². The molecule has 4 rings (SSSR count). The lowest BCUT2D eigenvalue weighted by Gasteiger charge is -2.26. The van der Waals surface area contributed by atoms with E-state index in [1.165, 1.54) is 13.0 Å². The Morgan fingerprint density at radius 2 is 1.07 bits per heavy atom. The molecule has 0 aliphatic rings. The molecule has 0 aliphatic heterocycles. The molecule has 7 heteroatoms. The fourth-order valence-electron chi connectivity index (χ4n) is 3.77. The number of ether oxygens (including phenoxy) is 4. The van der Waals surface area contributed by atoms with E-state index in [1.807, 2.05) is 66.7 Å². The summed E-state index contributed by atoms with van der Waals surface area (Å²) < 4.78 is 20.6. The summed E-state index contributed by atoms with van der Waals surface area (Å²) in [4.78, 5) is 33.8. The van der Waals surface area contributed by atoms with Gasteiger partial charge in [0.1, 0.15) is 23.0 Å². The topological polar surface area (TPSA) is 88.1 Å². The first-order chi connectivity index (χ1) is 19.1. The Morgan fingerprint density at radius 3 is 1.54 bits per heavy atom. The number of rotatable bonds is 7. The molecule has 4 aromatic rings. The minimum Gasteiger partial charge on any atom is -0.497 e. The zero-order chi connectivity index (χ0) is 29.1. The van der Waals surface area contributed by atoms with Gasteiger partial charge in [-0.2, -0.15) is 0 Å². The average Bonchev–Trinajstić information content (AvgIpc) is 2.94. The first-order valence-electron chi connectivity index (χ1n) is 12.6. The minimum atomic E-state index is -0.887. The maximum Gasteiger partial charge on any atom is 0.519 e. The predicted molar refractivity (Wildman–Crippen MR) is 159 cm³/mol. The van der Waals surface area contributed by atoms with Crippen molar-refractivity contribution < 1.29 is 33.3 Å². The summed E-state index contributed by atoms with van der Waals surface area (Å²) in [7, 11) is 1.64. The van der Waals surface area contributed by atoms with Gasteiger partial charge < -0.3 is 18.9 Å². The monoisotopic (exact) mass is 556 g/mol. The number of hydrogen-bond acceptors (Lipinski definition) is 7. The Hall–Kier alpha value is -4.91. The van der Waals surface area contributed by atoms with E-state index in [4.69, 9.17) is 18.9 Å². The second-order valence-corrected chi connectivity index (χ2v) is 9.32. The van der Waals surface area contributed by atoms with Crippen molar-refractivity contribution in [3.63, 3.8) is 0 Å². The molecule has 0 heterocycles. The van der Waals surface area contributed by atoms with Crippen LogP contribution < -0.4 is 18.9 Å². The Balaban J connectivity index is 0.000000501. The molecular weight excluding hydrogens is 520 g/mol. The van der Waals surface area contributed by atoms with Crippen molar-refractivity contribution in [2.45, 2.75) is 40.5 Å². The molecular formula is C34H36O7. The smallest absolute Gasteiger partial charge is 0.497 e. The van der Waals surface area contributed by atoms with Crippen molar-refractivity contribution in [3.8, 4) is 23.0 Å². The molecule has 0 saturated carbocycles. The summed E-state index contributed by atoms with van der Waals surface area (Å²) in [5, 5.41) is 0. The van der Waals surface area contributed by atoms with Crippen LogP contribution in [0.5, 0.6) is 23.0 Å². The molecule has 0 aliphatic carbocycles. The van der Waals surface area contributed by atoms with Crippen LogP contribution >= 0.6 is 0 Å². The second-order valence-electron chi connectivity index (χ2n) is 9.32. The molecule has 0 fully saturated rings. The van der Waals surface area contributed by atoms with E-state index in [0.29, 0.717) is 5.75 Å². The third-order valence-corrected chi connectivity index (χ3v) is 6.04. The van der Waals surface area contributed by atoms with Gasteiger partial charge in [-0.15, -0.1) is 0 Å². The molecule has 0 aromatic heterocycles. The zero-order valence-corrected chi connectivity index (χ0v) is 23.2. The number of ketones is 1. The fraction of sp³-hybridized carbons (Fsp3) is 0.206. The van der Waals surface area contributed by atoms with Crippen LogP contribution in [0.15, 0.2) is 103 Å². The van der Waals surface area contributed by atoms with Crippen LogP contribution in [-0.2, 0) is 10.2 Å². The summed E-state index contributed by atoms with van der Waals surface area (Å²) in [5.41, 5.74) is 2.72. The van der Waals surface area contributed by atoms with Gasteiger partial charge in [0, 0.05) is 24.0 Å². The normalized spacial score (nSPS) is 10.2. The van der Waals surface area contributed by atoms with Crippen LogP contribution in [0.2, 0.25) is 0 Å². The van der Waals surface area contributed by atoms with Crippen LogP contribution in [0.1, 0.15) is 56.6 Å². The van der Waals surface area contributed by atoms with Gasteiger partial charge in [-0.3, -0.25) is 9.59 Å². The highest BCUT2D eigenvalue weighted by molar-refractivity contribution is 5.93. The van der Waals surface area contributed by atoms with E-state index >= 15 is 0 Å². The van der Waals surface area contributed by atoms with Crippen LogP contribution in [0.3, 0.4) is 0 Å². The van der Waals surface area contributed by atoms with Crippen LogP contribution in [0.25, 0.3) is 0 Å². The number of Topliss-reactive ketones (excluding diaryl/α,β-unsaturated/α-hetero) is 1. The predicted octanol–water partition coefficient (Wildman–Crippen LogP) is 8.05. The van der Waals surface area contributed by atoms with E-state index < -0.39 is 12.1 Å². The van der Waals surface area contributed by atoms with Crippen molar-refractivity contribution in [1.29, 1.82) is 0 Å². The Bertz CT molecular complexity index is 1420. The summed E-state index contributed by atoms with van der Waals surface area (Å²) >= 11 is 0. The van der Waals surface area contributed by atoms with Crippen LogP contribution in [-0.4, -0.2) is 25.0 Å². The molecule has 41 heavy (non-hydrogen) atoms. The summed E-state index contributed by atoms with van der Waals surface area (Å²) in [5.74, 6) is 1.31. The molecule has 7 nitrogen and oxygen atoms in total. The maximum absolute atomic E-state index is 12.1. The molecule has 0 bridgehead atoms. The van der Waals surface area contributed by atoms with Gasteiger partial charge in [-0.25, -0.2) is 4.79 Å². The number of methoxy groups -OCH3 is 1. The lowest BCUT2D eigenvalue weighted by molar-refractivity contribution is -0.131. The highest BCUT2D eigenvalue weighted by Gasteiger charge is 2.23. The van der Waals surface area contributed by atoms with Crippen LogP contribution in [0, 0.1) is 0 Å². The number of carbonyl (C=O) groups is 3. The Kier molecular flexibility index (Phi) is 11.8. The zero-order valence-electron chi connectivity index (χ0n) is 23.2. The van der Waals surface area contributed by atoms with Crippen molar-refractivity contribution >= 4 is 17.9 Å². The molecule has 0 radical (unpaired) electrons. The highest BCUT2D eigenvalue weighted by Crippen LogP contribution is 2.33.